The van der Waals surface area contributed by atoms with Gasteiger partial charge in [0.25, 0.3) is 0 Å². The van der Waals surface area contributed by atoms with Crippen molar-refractivity contribution in [3.05, 3.63) is 53.3 Å². The van der Waals surface area contributed by atoms with E-state index in [1.165, 1.54) is 5.56 Å². The van der Waals surface area contributed by atoms with Crippen molar-refractivity contribution in [3.63, 3.8) is 0 Å². The molecule has 1 aromatic heterocycles. The van der Waals surface area contributed by atoms with Crippen LogP contribution >= 0.6 is 0 Å². The Morgan fingerprint density at radius 2 is 1.86 bits per heavy atom. The summed E-state index contributed by atoms with van der Waals surface area (Å²) in [4.78, 5) is 8.94. The molecule has 0 fully saturated rings. The quantitative estimate of drug-likeness (QED) is 0.857. The van der Waals surface area contributed by atoms with Crippen molar-refractivity contribution >= 4 is 5.95 Å². The topological polar surface area (TPSA) is 58.0 Å². The summed E-state index contributed by atoms with van der Waals surface area (Å²) >= 11 is 0. The monoisotopic (exact) mass is 285 g/mol. The van der Waals surface area contributed by atoms with Crippen LogP contribution in [0.3, 0.4) is 0 Å². The number of aryl methyl sites for hydroxylation is 1. The second-order valence-corrected chi connectivity index (χ2v) is 5.63. The molecule has 21 heavy (non-hydrogen) atoms. The standard InChI is InChI=1S/C17H23N3O/c1-12(2)16-9-13(3)18-17(20-16)19-15(11-21)10-14-7-5-4-6-8-14/h4-9,12,15,21H,10-11H2,1-3H3,(H,18,19,20). The normalized spacial score (nSPS) is 12.4. The van der Waals surface area contributed by atoms with Gasteiger partial charge < -0.3 is 10.4 Å². The van der Waals surface area contributed by atoms with Gasteiger partial charge in [0, 0.05) is 11.4 Å². The molecule has 2 aromatic rings. The Labute approximate surface area is 126 Å². The van der Waals surface area contributed by atoms with Crippen molar-refractivity contribution in [1.29, 1.82) is 0 Å². The number of hydrogen-bond donors (Lipinski definition) is 2. The van der Waals surface area contributed by atoms with E-state index in [-0.39, 0.29) is 12.6 Å². The molecule has 4 nitrogen and oxygen atoms in total. The van der Waals surface area contributed by atoms with Crippen molar-refractivity contribution in [2.75, 3.05) is 11.9 Å². The van der Waals surface area contributed by atoms with Gasteiger partial charge in [-0.2, -0.15) is 0 Å². The molecular weight excluding hydrogens is 262 g/mol. The lowest BCUT2D eigenvalue weighted by Gasteiger charge is -2.17. The lowest BCUT2D eigenvalue weighted by Crippen LogP contribution is -2.27. The Morgan fingerprint density at radius 1 is 1.14 bits per heavy atom. The maximum atomic E-state index is 9.58. The fourth-order valence-electron chi connectivity index (χ4n) is 2.20. The Morgan fingerprint density at radius 3 is 2.48 bits per heavy atom. The van der Waals surface area contributed by atoms with E-state index in [0.717, 1.165) is 17.8 Å². The summed E-state index contributed by atoms with van der Waals surface area (Å²) in [7, 11) is 0. The highest BCUT2D eigenvalue weighted by molar-refractivity contribution is 5.31. The predicted octanol–water partition coefficient (Wildman–Crippen LogP) is 2.92. The van der Waals surface area contributed by atoms with Gasteiger partial charge in [-0.05, 0) is 30.9 Å². The molecule has 0 aliphatic heterocycles. The van der Waals surface area contributed by atoms with Crippen LogP contribution in [0.4, 0.5) is 5.95 Å². The van der Waals surface area contributed by atoms with E-state index in [4.69, 9.17) is 0 Å². The molecule has 4 heteroatoms. The van der Waals surface area contributed by atoms with E-state index in [9.17, 15) is 5.11 Å². The minimum Gasteiger partial charge on any atom is -0.394 e. The SMILES string of the molecule is Cc1cc(C(C)C)nc(NC(CO)Cc2ccccc2)n1. The van der Waals surface area contributed by atoms with Crippen LogP contribution in [0.1, 0.15) is 36.7 Å². The molecule has 0 saturated carbocycles. The van der Waals surface area contributed by atoms with Crippen LogP contribution in [0.2, 0.25) is 0 Å². The lowest BCUT2D eigenvalue weighted by atomic mass is 10.1. The van der Waals surface area contributed by atoms with Gasteiger partial charge in [-0.3, -0.25) is 0 Å². The van der Waals surface area contributed by atoms with Crippen LogP contribution in [0.5, 0.6) is 0 Å². The summed E-state index contributed by atoms with van der Waals surface area (Å²) in [6.07, 6.45) is 0.742. The molecule has 1 unspecified atom stereocenters. The minimum atomic E-state index is -0.0887. The van der Waals surface area contributed by atoms with Crippen molar-refractivity contribution in [2.24, 2.45) is 0 Å². The Bertz CT molecular complexity index is 570. The van der Waals surface area contributed by atoms with E-state index in [1.807, 2.05) is 31.2 Å². The summed E-state index contributed by atoms with van der Waals surface area (Å²) in [6.45, 7) is 6.23. The van der Waals surface area contributed by atoms with Gasteiger partial charge in [-0.25, -0.2) is 9.97 Å². The number of anilines is 1. The highest BCUT2D eigenvalue weighted by Gasteiger charge is 2.12. The van der Waals surface area contributed by atoms with Gasteiger partial charge in [0.15, 0.2) is 0 Å². The van der Waals surface area contributed by atoms with Gasteiger partial charge in [-0.1, -0.05) is 44.2 Å². The average molecular weight is 285 g/mol. The molecule has 0 aliphatic carbocycles. The number of aromatic nitrogens is 2. The first-order valence-corrected chi connectivity index (χ1v) is 7.35. The zero-order chi connectivity index (χ0) is 15.2. The number of rotatable bonds is 6. The number of nitrogens with zero attached hydrogens (tertiary/aromatic N) is 2. The van der Waals surface area contributed by atoms with Gasteiger partial charge in [0.2, 0.25) is 5.95 Å². The molecule has 0 spiro atoms. The first kappa shape index (κ1) is 15.4. The van der Waals surface area contributed by atoms with Crippen molar-refractivity contribution in [3.8, 4) is 0 Å². The molecule has 0 aliphatic rings. The van der Waals surface area contributed by atoms with Crippen LogP contribution < -0.4 is 5.32 Å². The average Bonchev–Trinajstić information content (AvgIpc) is 2.47. The van der Waals surface area contributed by atoms with Crippen LogP contribution in [-0.4, -0.2) is 27.7 Å². The number of aliphatic hydroxyl groups is 1. The Balaban J connectivity index is 2.11. The van der Waals surface area contributed by atoms with E-state index >= 15 is 0 Å². The Kier molecular flexibility index (Phi) is 5.28. The first-order chi connectivity index (χ1) is 10.1. The van der Waals surface area contributed by atoms with Crippen LogP contribution in [0.25, 0.3) is 0 Å². The molecule has 1 atom stereocenters. The molecule has 0 bridgehead atoms. The third kappa shape index (κ3) is 4.53. The van der Waals surface area contributed by atoms with Gasteiger partial charge in [0.1, 0.15) is 0 Å². The molecule has 0 saturated heterocycles. The predicted molar refractivity (Wildman–Crippen MR) is 85.5 cm³/mol. The van der Waals surface area contributed by atoms with Gasteiger partial charge in [0.05, 0.1) is 12.6 Å². The first-order valence-electron chi connectivity index (χ1n) is 7.35. The third-order valence-electron chi connectivity index (χ3n) is 3.34. The molecule has 1 aromatic carbocycles. The Hall–Kier alpha value is -1.94. The van der Waals surface area contributed by atoms with Gasteiger partial charge in [-0.15, -0.1) is 0 Å². The summed E-state index contributed by atoms with van der Waals surface area (Å²) in [5, 5.41) is 12.8. The van der Waals surface area contributed by atoms with E-state index < -0.39 is 0 Å². The van der Waals surface area contributed by atoms with E-state index in [1.54, 1.807) is 0 Å². The maximum Gasteiger partial charge on any atom is 0.223 e. The van der Waals surface area contributed by atoms with Crippen molar-refractivity contribution < 1.29 is 5.11 Å². The second kappa shape index (κ2) is 7.18. The minimum absolute atomic E-state index is 0.0448. The van der Waals surface area contributed by atoms with E-state index in [0.29, 0.717) is 11.9 Å². The fraction of sp³-hybridized carbons (Fsp3) is 0.412. The highest BCUT2D eigenvalue weighted by atomic mass is 16.3. The summed E-state index contributed by atoms with van der Waals surface area (Å²) in [5.74, 6) is 0.947. The van der Waals surface area contributed by atoms with Gasteiger partial charge >= 0.3 is 0 Å². The fourth-order valence-corrected chi connectivity index (χ4v) is 2.20. The highest BCUT2D eigenvalue weighted by Crippen LogP contribution is 2.15. The zero-order valence-electron chi connectivity index (χ0n) is 12.9. The molecule has 2 rings (SSSR count). The summed E-state index contributed by atoms with van der Waals surface area (Å²) in [6, 6.07) is 12.0. The molecule has 112 valence electrons. The molecule has 2 N–H and O–H groups in total. The van der Waals surface area contributed by atoms with Crippen molar-refractivity contribution in [2.45, 2.75) is 39.2 Å². The van der Waals surface area contributed by atoms with Crippen LogP contribution in [0, 0.1) is 6.92 Å². The lowest BCUT2D eigenvalue weighted by molar-refractivity contribution is 0.273. The summed E-state index contributed by atoms with van der Waals surface area (Å²) in [5.41, 5.74) is 3.13. The zero-order valence-corrected chi connectivity index (χ0v) is 12.9. The number of hydrogen-bond acceptors (Lipinski definition) is 4. The largest absolute Gasteiger partial charge is 0.394 e. The number of benzene rings is 1. The number of nitrogens with one attached hydrogen (secondary N) is 1. The van der Waals surface area contributed by atoms with Crippen LogP contribution in [-0.2, 0) is 6.42 Å². The number of aliphatic hydroxyl groups excluding tert-OH is 1. The molecule has 0 radical (unpaired) electrons. The summed E-state index contributed by atoms with van der Waals surface area (Å²) < 4.78 is 0. The molecule has 1 heterocycles. The molecule has 0 amide bonds. The van der Waals surface area contributed by atoms with E-state index in [2.05, 4.69) is 41.3 Å². The third-order valence-corrected chi connectivity index (χ3v) is 3.34. The van der Waals surface area contributed by atoms with Crippen LogP contribution in [0.15, 0.2) is 36.4 Å². The second-order valence-electron chi connectivity index (χ2n) is 5.63. The molecular formula is C17H23N3O. The smallest absolute Gasteiger partial charge is 0.223 e. The maximum absolute atomic E-state index is 9.58. The van der Waals surface area contributed by atoms with Crippen molar-refractivity contribution in [1.82, 2.24) is 9.97 Å².